The van der Waals surface area contributed by atoms with Crippen LogP contribution in [0.4, 0.5) is 0 Å². The third-order valence-electron chi connectivity index (χ3n) is 7.85. The number of amides is 2. The first-order valence-electron chi connectivity index (χ1n) is 15.3. The molecule has 0 aromatic heterocycles. The highest BCUT2D eigenvalue weighted by Crippen LogP contribution is 2.21. The first-order valence-corrected chi connectivity index (χ1v) is 16.7. The van der Waals surface area contributed by atoms with Gasteiger partial charge in [-0.1, -0.05) is 90.5 Å². The molecule has 9 nitrogen and oxygen atoms in total. The zero-order valence-electron chi connectivity index (χ0n) is 25.9. The smallest absolute Gasteiger partial charge is 0.261 e. The second kappa shape index (κ2) is 15.7. The summed E-state index contributed by atoms with van der Waals surface area (Å²) >= 11 is 0. The van der Waals surface area contributed by atoms with Crippen molar-refractivity contribution in [3.05, 3.63) is 131 Å². The molecule has 0 bridgehead atoms. The van der Waals surface area contributed by atoms with Crippen LogP contribution in [0.3, 0.4) is 0 Å². The zero-order valence-corrected chi connectivity index (χ0v) is 26.7. The summed E-state index contributed by atoms with van der Waals surface area (Å²) in [7, 11) is -3.66. The van der Waals surface area contributed by atoms with E-state index >= 15 is 0 Å². The number of ether oxygens (including phenoxy) is 2. The second-order valence-electron chi connectivity index (χ2n) is 11.2. The number of benzene rings is 4. The van der Waals surface area contributed by atoms with Gasteiger partial charge in [-0.3, -0.25) is 9.59 Å². The van der Waals surface area contributed by atoms with Gasteiger partial charge in [0.05, 0.1) is 18.1 Å². The van der Waals surface area contributed by atoms with Crippen LogP contribution in [-0.2, 0) is 43.9 Å². The molecule has 1 atom stereocenters. The Hall–Kier alpha value is -4.51. The van der Waals surface area contributed by atoms with Gasteiger partial charge < -0.3 is 19.7 Å². The molecule has 10 heteroatoms. The summed E-state index contributed by atoms with van der Waals surface area (Å²) < 4.78 is 38.6. The summed E-state index contributed by atoms with van der Waals surface area (Å²) in [6, 6.07) is 32.3. The van der Waals surface area contributed by atoms with Crippen LogP contribution in [0.5, 0.6) is 5.75 Å². The summed E-state index contributed by atoms with van der Waals surface area (Å²) in [6.07, 6.45) is 0.313. The van der Waals surface area contributed by atoms with Gasteiger partial charge in [0.1, 0.15) is 11.8 Å². The lowest BCUT2D eigenvalue weighted by Gasteiger charge is -2.31. The predicted molar refractivity (Wildman–Crippen MR) is 175 cm³/mol. The Bertz CT molecular complexity index is 1680. The maximum atomic E-state index is 13.9. The predicted octanol–water partition coefficient (Wildman–Crippen LogP) is 4.35. The van der Waals surface area contributed by atoms with Gasteiger partial charge >= 0.3 is 0 Å². The van der Waals surface area contributed by atoms with Gasteiger partial charge in [-0.15, -0.1) is 0 Å². The maximum absolute atomic E-state index is 13.9. The van der Waals surface area contributed by atoms with Crippen molar-refractivity contribution in [1.82, 2.24) is 14.5 Å². The molecule has 1 aliphatic heterocycles. The van der Waals surface area contributed by atoms with Gasteiger partial charge in [-0.25, -0.2) is 8.42 Å². The van der Waals surface area contributed by atoms with E-state index < -0.39 is 16.1 Å². The number of carbonyl (C=O) groups excluding carboxylic acids is 2. The standard InChI is InChI=1S/C36H39N3O6S/c1-28-12-14-30(15-13-28)25-37-36(41)34(24-29-8-4-2-5-9-29)39(26-31-10-6-3-7-11-31)35(40)27-45-32-16-18-33(19-17-32)46(42,43)38-20-22-44-23-21-38/h2-19,34H,20-27H2,1H3,(H,37,41). The maximum Gasteiger partial charge on any atom is 0.261 e. The van der Waals surface area contributed by atoms with E-state index in [1.54, 1.807) is 4.90 Å². The summed E-state index contributed by atoms with van der Waals surface area (Å²) in [4.78, 5) is 29.5. The van der Waals surface area contributed by atoms with Crippen molar-refractivity contribution in [2.75, 3.05) is 32.9 Å². The van der Waals surface area contributed by atoms with Crippen molar-refractivity contribution in [2.45, 2.75) is 37.4 Å². The quantitative estimate of drug-likeness (QED) is 0.233. The van der Waals surface area contributed by atoms with Crippen LogP contribution in [-0.4, -0.2) is 68.4 Å². The number of hydrogen-bond acceptors (Lipinski definition) is 6. The molecule has 4 aromatic carbocycles. The Kier molecular flexibility index (Phi) is 11.2. The molecule has 1 aliphatic rings. The van der Waals surface area contributed by atoms with Crippen molar-refractivity contribution in [1.29, 1.82) is 0 Å². The molecule has 0 spiro atoms. The van der Waals surface area contributed by atoms with E-state index in [9.17, 15) is 18.0 Å². The lowest BCUT2D eigenvalue weighted by Crippen LogP contribution is -2.51. The number of morpholine rings is 1. The Balaban J connectivity index is 1.34. The molecule has 1 fully saturated rings. The van der Waals surface area contributed by atoms with E-state index in [0.29, 0.717) is 45.0 Å². The summed E-state index contributed by atoms with van der Waals surface area (Å²) in [6.45, 7) is 3.52. The van der Waals surface area contributed by atoms with Crippen LogP contribution in [0, 0.1) is 6.92 Å². The first kappa shape index (κ1) is 32.9. The van der Waals surface area contributed by atoms with Gasteiger partial charge in [0.15, 0.2) is 6.61 Å². The minimum Gasteiger partial charge on any atom is -0.484 e. The van der Waals surface area contributed by atoms with E-state index in [2.05, 4.69) is 5.32 Å². The number of hydrogen-bond donors (Lipinski definition) is 1. The van der Waals surface area contributed by atoms with Crippen LogP contribution in [0.1, 0.15) is 22.3 Å². The Morgan fingerprint density at radius 3 is 2.07 bits per heavy atom. The molecular formula is C36H39N3O6S. The number of nitrogens with zero attached hydrogens (tertiary/aromatic N) is 2. The van der Waals surface area contributed by atoms with Crippen molar-refractivity contribution >= 4 is 21.8 Å². The van der Waals surface area contributed by atoms with Crippen LogP contribution >= 0.6 is 0 Å². The van der Waals surface area contributed by atoms with Crippen LogP contribution in [0.25, 0.3) is 0 Å². The number of sulfonamides is 1. The molecule has 2 amide bonds. The summed E-state index contributed by atoms with van der Waals surface area (Å²) in [5, 5.41) is 3.04. The molecule has 0 radical (unpaired) electrons. The van der Waals surface area contributed by atoms with E-state index in [1.165, 1.54) is 28.6 Å². The van der Waals surface area contributed by atoms with Crippen molar-refractivity contribution in [3.63, 3.8) is 0 Å². The fourth-order valence-corrected chi connectivity index (χ4v) is 6.63. The van der Waals surface area contributed by atoms with E-state index in [-0.39, 0.29) is 29.9 Å². The lowest BCUT2D eigenvalue weighted by molar-refractivity contribution is -0.142. The molecule has 1 unspecified atom stereocenters. The van der Waals surface area contributed by atoms with E-state index in [1.807, 2.05) is 91.9 Å². The monoisotopic (exact) mass is 641 g/mol. The number of nitrogens with one attached hydrogen (secondary N) is 1. The van der Waals surface area contributed by atoms with Crippen LogP contribution in [0.15, 0.2) is 114 Å². The molecule has 4 aromatic rings. The third kappa shape index (κ3) is 8.81. The van der Waals surface area contributed by atoms with Gasteiger partial charge in [0, 0.05) is 32.6 Å². The normalized spacial score (nSPS) is 14.3. The Morgan fingerprint density at radius 2 is 1.43 bits per heavy atom. The summed E-state index contributed by atoms with van der Waals surface area (Å²) in [5.74, 6) is -0.302. The minimum atomic E-state index is -3.66. The molecule has 240 valence electrons. The fourth-order valence-electron chi connectivity index (χ4n) is 5.22. The topological polar surface area (TPSA) is 105 Å². The van der Waals surface area contributed by atoms with Gasteiger partial charge in [0.25, 0.3) is 5.91 Å². The molecule has 1 N–H and O–H groups in total. The van der Waals surface area contributed by atoms with Gasteiger partial charge in [0.2, 0.25) is 15.9 Å². The zero-order chi connectivity index (χ0) is 32.4. The third-order valence-corrected chi connectivity index (χ3v) is 9.76. The SMILES string of the molecule is Cc1ccc(CNC(=O)C(Cc2ccccc2)N(Cc2ccccc2)C(=O)COc2ccc(S(=O)(=O)N3CCOCC3)cc2)cc1. The molecule has 0 aliphatic carbocycles. The van der Waals surface area contributed by atoms with Crippen molar-refractivity contribution in [2.24, 2.45) is 0 Å². The van der Waals surface area contributed by atoms with Crippen LogP contribution in [0.2, 0.25) is 0 Å². The Labute approximate surface area is 270 Å². The molecule has 1 saturated heterocycles. The largest absolute Gasteiger partial charge is 0.484 e. The molecule has 5 rings (SSSR count). The number of carbonyl (C=O) groups is 2. The van der Waals surface area contributed by atoms with Crippen molar-refractivity contribution < 1.29 is 27.5 Å². The van der Waals surface area contributed by atoms with Gasteiger partial charge in [-0.2, -0.15) is 4.31 Å². The molecule has 1 heterocycles. The second-order valence-corrected chi connectivity index (χ2v) is 13.1. The fraction of sp³-hybridized carbons (Fsp3) is 0.278. The summed E-state index contributed by atoms with van der Waals surface area (Å²) in [5.41, 5.74) is 3.88. The number of aryl methyl sites for hydroxylation is 1. The Morgan fingerprint density at radius 1 is 0.826 bits per heavy atom. The molecular weight excluding hydrogens is 602 g/mol. The molecule has 46 heavy (non-hydrogen) atoms. The van der Waals surface area contributed by atoms with Crippen molar-refractivity contribution in [3.8, 4) is 5.75 Å². The molecule has 0 saturated carbocycles. The van der Waals surface area contributed by atoms with Gasteiger partial charge in [-0.05, 0) is 47.9 Å². The highest BCUT2D eigenvalue weighted by Gasteiger charge is 2.31. The minimum absolute atomic E-state index is 0.145. The average Bonchev–Trinajstić information content (AvgIpc) is 3.10. The highest BCUT2D eigenvalue weighted by atomic mass is 32.2. The lowest BCUT2D eigenvalue weighted by atomic mass is 10.0. The highest BCUT2D eigenvalue weighted by molar-refractivity contribution is 7.89. The van der Waals surface area contributed by atoms with E-state index in [4.69, 9.17) is 9.47 Å². The number of rotatable bonds is 13. The first-order chi connectivity index (χ1) is 22.3. The van der Waals surface area contributed by atoms with E-state index in [0.717, 1.165) is 22.3 Å². The van der Waals surface area contributed by atoms with Crippen LogP contribution < -0.4 is 10.1 Å². The average molecular weight is 642 g/mol.